The Bertz CT molecular complexity index is 516. The number of hydrogen-bond donors (Lipinski definition) is 1. The molecule has 0 aliphatic heterocycles. The minimum Gasteiger partial charge on any atom is -0.386 e. The molecule has 94 valence electrons. The van der Waals surface area contributed by atoms with E-state index >= 15 is 0 Å². The average molecular weight is 262 g/mol. The van der Waals surface area contributed by atoms with E-state index in [0.29, 0.717) is 17.1 Å². The van der Waals surface area contributed by atoms with Crippen LogP contribution in [-0.2, 0) is 6.42 Å². The summed E-state index contributed by atoms with van der Waals surface area (Å²) in [6.07, 6.45) is 1.53. The zero-order valence-electron chi connectivity index (χ0n) is 10.5. The van der Waals surface area contributed by atoms with Gasteiger partial charge in [-0.05, 0) is 31.5 Å². The monoisotopic (exact) mass is 261 g/mol. The fourth-order valence-corrected chi connectivity index (χ4v) is 2.21. The lowest BCUT2D eigenvalue weighted by Gasteiger charge is -2.11. The number of hydrogen-bond acceptors (Lipinski definition) is 2. The maximum atomic E-state index is 10.1. The zero-order chi connectivity index (χ0) is 13.1. The smallest absolute Gasteiger partial charge is 0.0999 e. The van der Waals surface area contributed by atoms with E-state index < -0.39 is 6.10 Å². The molecule has 1 N–H and O–H groups in total. The first-order valence-electron chi connectivity index (χ1n) is 5.91. The quantitative estimate of drug-likeness (QED) is 0.915. The molecule has 1 heterocycles. The summed E-state index contributed by atoms with van der Waals surface area (Å²) >= 11 is 5.77. The third kappa shape index (κ3) is 3.31. The molecule has 2 nitrogen and oxygen atoms in total. The summed E-state index contributed by atoms with van der Waals surface area (Å²) in [5.74, 6) is 0. The number of aromatic nitrogens is 1. The van der Waals surface area contributed by atoms with Gasteiger partial charge < -0.3 is 5.11 Å². The first-order chi connectivity index (χ1) is 8.54. The third-order valence-corrected chi connectivity index (χ3v) is 3.03. The number of aryl methyl sites for hydroxylation is 2. The fraction of sp³-hybridized carbons (Fsp3) is 0.267. The van der Waals surface area contributed by atoms with Crippen LogP contribution >= 0.6 is 11.6 Å². The van der Waals surface area contributed by atoms with Gasteiger partial charge in [-0.25, -0.2) is 0 Å². The minimum absolute atomic E-state index is 0.567. The number of rotatable bonds is 3. The molecule has 0 spiro atoms. The Morgan fingerprint density at radius 2 is 1.83 bits per heavy atom. The summed E-state index contributed by atoms with van der Waals surface area (Å²) in [7, 11) is 0. The summed E-state index contributed by atoms with van der Waals surface area (Å²) in [6, 6.07) is 9.80. The molecule has 0 aliphatic rings. The standard InChI is InChI=1S/C15H16ClNO/c1-10-5-11(2)7-12(6-10)8-15(18)14-4-3-13(16)9-17-14/h3-7,9,15,18H,8H2,1-2H3. The summed E-state index contributed by atoms with van der Waals surface area (Å²) < 4.78 is 0. The Kier molecular flexibility index (Phi) is 4.00. The van der Waals surface area contributed by atoms with Gasteiger partial charge in [-0.2, -0.15) is 0 Å². The molecule has 3 heteroatoms. The summed E-state index contributed by atoms with van der Waals surface area (Å²) in [6.45, 7) is 4.12. The van der Waals surface area contributed by atoms with Gasteiger partial charge in [-0.1, -0.05) is 40.9 Å². The van der Waals surface area contributed by atoms with Crippen LogP contribution in [0.3, 0.4) is 0 Å². The Balaban J connectivity index is 2.15. The fourth-order valence-electron chi connectivity index (χ4n) is 2.10. The first-order valence-corrected chi connectivity index (χ1v) is 6.29. The van der Waals surface area contributed by atoms with Crippen molar-refractivity contribution in [1.29, 1.82) is 0 Å². The van der Waals surface area contributed by atoms with Crippen molar-refractivity contribution >= 4 is 11.6 Å². The number of nitrogens with zero attached hydrogens (tertiary/aromatic N) is 1. The maximum Gasteiger partial charge on any atom is 0.0999 e. The maximum absolute atomic E-state index is 10.1. The molecule has 1 unspecified atom stereocenters. The summed E-state index contributed by atoms with van der Waals surface area (Å²) in [5, 5.41) is 10.7. The van der Waals surface area contributed by atoms with E-state index in [1.165, 1.54) is 11.1 Å². The Hall–Kier alpha value is -1.38. The van der Waals surface area contributed by atoms with Crippen molar-refractivity contribution in [2.45, 2.75) is 26.4 Å². The van der Waals surface area contributed by atoms with Gasteiger partial charge >= 0.3 is 0 Å². The van der Waals surface area contributed by atoms with Gasteiger partial charge in [-0.15, -0.1) is 0 Å². The molecule has 18 heavy (non-hydrogen) atoms. The van der Waals surface area contributed by atoms with E-state index in [2.05, 4.69) is 37.0 Å². The van der Waals surface area contributed by atoms with Crippen molar-refractivity contribution < 1.29 is 5.11 Å². The van der Waals surface area contributed by atoms with E-state index in [4.69, 9.17) is 11.6 Å². The first kappa shape index (κ1) is 13.1. The van der Waals surface area contributed by atoms with Crippen LogP contribution in [0.5, 0.6) is 0 Å². The molecule has 0 radical (unpaired) electrons. The molecule has 0 aliphatic carbocycles. The summed E-state index contributed by atoms with van der Waals surface area (Å²) in [4.78, 5) is 4.14. The van der Waals surface area contributed by atoms with Crippen LogP contribution in [0.2, 0.25) is 5.02 Å². The van der Waals surface area contributed by atoms with Gasteiger partial charge in [0, 0.05) is 12.6 Å². The van der Waals surface area contributed by atoms with E-state index in [1.807, 2.05) is 0 Å². The highest BCUT2D eigenvalue weighted by Crippen LogP contribution is 2.19. The van der Waals surface area contributed by atoms with Crippen LogP contribution in [0.15, 0.2) is 36.5 Å². The highest BCUT2D eigenvalue weighted by Gasteiger charge is 2.10. The van der Waals surface area contributed by atoms with Crippen molar-refractivity contribution in [2.24, 2.45) is 0 Å². The zero-order valence-corrected chi connectivity index (χ0v) is 11.3. The Morgan fingerprint density at radius 3 is 2.39 bits per heavy atom. The van der Waals surface area contributed by atoms with Crippen molar-refractivity contribution in [2.75, 3.05) is 0 Å². The number of aliphatic hydroxyl groups is 1. The second-order valence-corrected chi connectivity index (χ2v) is 5.05. The van der Waals surface area contributed by atoms with Crippen LogP contribution < -0.4 is 0 Å². The third-order valence-electron chi connectivity index (χ3n) is 2.80. The van der Waals surface area contributed by atoms with Crippen LogP contribution in [0.1, 0.15) is 28.5 Å². The topological polar surface area (TPSA) is 33.1 Å². The van der Waals surface area contributed by atoms with E-state index in [0.717, 1.165) is 5.56 Å². The van der Waals surface area contributed by atoms with Gasteiger partial charge in [0.25, 0.3) is 0 Å². The predicted octanol–water partition coefficient (Wildman–Crippen LogP) is 3.63. The normalized spacial score (nSPS) is 12.4. The van der Waals surface area contributed by atoms with Crippen LogP contribution in [-0.4, -0.2) is 10.1 Å². The molecular formula is C15H16ClNO. The van der Waals surface area contributed by atoms with Crippen molar-refractivity contribution in [1.82, 2.24) is 4.98 Å². The molecule has 0 fully saturated rings. The van der Waals surface area contributed by atoms with Crippen LogP contribution in [0.4, 0.5) is 0 Å². The van der Waals surface area contributed by atoms with E-state index in [-0.39, 0.29) is 0 Å². The number of pyridine rings is 1. The van der Waals surface area contributed by atoms with Gasteiger partial charge in [0.2, 0.25) is 0 Å². The molecule has 0 saturated carbocycles. The molecule has 2 aromatic rings. The summed E-state index contributed by atoms with van der Waals surface area (Å²) in [5.41, 5.74) is 4.19. The van der Waals surface area contributed by atoms with E-state index in [1.54, 1.807) is 18.3 Å². The lowest BCUT2D eigenvalue weighted by atomic mass is 10.0. The SMILES string of the molecule is Cc1cc(C)cc(CC(O)c2ccc(Cl)cn2)c1. The Labute approximate surface area is 112 Å². The molecule has 1 aromatic heterocycles. The van der Waals surface area contributed by atoms with Gasteiger partial charge in [0.15, 0.2) is 0 Å². The largest absolute Gasteiger partial charge is 0.386 e. The molecule has 1 aromatic carbocycles. The second kappa shape index (κ2) is 5.51. The molecule has 0 bridgehead atoms. The highest BCUT2D eigenvalue weighted by molar-refractivity contribution is 6.30. The molecule has 0 amide bonds. The van der Waals surface area contributed by atoms with Crippen molar-refractivity contribution in [3.8, 4) is 0 Å². The van der Waals surface area contributed by atoms with Gasteiger partial charge in [-0.3, -0.25) is 4.98 Å². The molecule has 1 atom stereocenters. The molecular weight excluding hydrogens is 246 g/mol. The highest BCUT2D eigenvalue weighted by atomic mass is 35.5. The van der Waals surface area contributed by atoms with Crippen molar-refractivity contribution in [3.05, 3.63) is 63.9 Å². The number of aliphatic hydroxyl groups excluding tert-OH is 1. The number of benzene rings is 1. The number of halogens is 1. The lowest BCUT2D eigenvalue weighted by molar-refractivity contribution is 0.173. The van der Waals surface area contributed by atoms with Crippen molar-refractivity contribution in [3.63, 3.8) is 0 Å². The molecule has 0 saturated heterocycles. The van der Waals surface area contributed by atoms with Crippen LogP contribution in [0, 0.1) is 13.8 Å². The van der Waals surface area contributed by atoms with E-state index in [9.17, 15) is 5.11 Å². The predicted molar refractivity (Wildman–Crippen MR) is 73.8 cm³/mol. The van der Waals surface area contributed by atoms with Crippen LogP contribution in [0.25, 0.3) is 0 Å². The Morgan fingerprint density at radius 1 is 1.17 bits per heavy atom. The lowest BCUT2D eigenvalue weighted by Crippen LogP contribution is -2.04. The van der Waals surface area contributed by atoms with Gasteiger partial charge in [0.05, 0.1) is 16.8 Å². The minimum atomic E-state index is -0.594. The second-order valence-electron chi connectivity index (χ2n) is 4.62. The average Bonchev–Trinajstić information content (AvgIpc) is 2.28. The molecule has 2 rings (SSSR count). The van der Waals surface area contributed by atoms with Gasteiger partial charge in [0.1, 0.15) is 0 Å².